The molecule has 3 rings (SSSR count). The highest BCUT2D eigenvalue weighted by atomic mass is 32.2. The van der Waals surface area contributed by atoms with Crippen LogP contribution < -0.4 is 10.6 Å². The maximum Gasteiger partial charge on any atom is 0.417 e. The molecule has 0 spiro atoms. The second-order valence-electron chi connectivity index (χ2n) is 5.11. The van der Waals surface area contributed by atoms with E-state index >= 15 is 0 Å². The molecule has 1 aromatic carbocycles. The van der Waals surface area contributed by atoms with Crippen LogP contribution in [0.15, 0.2) is 58.2 Å². The molecule has 1 aromatic heterocycles. The van der Waals surface area contributed by atoms with Crippen molar-refractivity contribution in [1.29, 1.82) is 0 Å². The maximum absolute atomic E-state index is 13.6. The van der Waals surface area contributed by atoms with Crippen LogP contribution in [0.1, 0.15) is 5.56 Å². The molecular weight excluding hydrogens is 373 g/mol. The van der Waals surface area contributed by atoms with Crippen molar-refractivity contribution in [3.05, 3.63) is 63.9 Å². The number of hydrogen-bond acceptors (Lipinski definition) is 6. The summed E-state index contributed by atoms with van der Waals surface area (Å²) < 4.78 is 40.7. The second-order valence-corrected chi connectivity index (χ2v) is 7.12. The van der Waals surface area contributed by atoms with Crippen molar-refractivity contribution < 1.29 is 23.1 Å². The standard InChI is InChI=1S/C15H11F3N4O3S/c16-15(17,18)13-6-11(26-4-3-21-14(26)19)1-2-12(13)9-5-10(8-20-7-9)25-22(23)24/h1-8,26H,(H2,19,21). The molecule has 1 aliphatic rings. The topological polar surface area (TPSA) is 104 Å². The van der Waals surface area contributed by atoms with Crippen molar-refractivity contribution in [3.63, 3.8) is 0 Å². The number of aliphatic imine (C=N–C) groups is 1. The second kappa shape index (κ2) is 6.67. The van der Waals surface area contributed by atoms with E-state index in [1.54, 1.807) is 5.41 Å². The molecule has 0 fully saturated rings. The summed E-state index contributed by atoms with van der Waals surface area (Å²) in [6.07, 6.45) is -0.966. The lowest BCUT2D eigenvalue weighted by molar-refractivity contribution is -0.711. The lowest BCUT2D eigenvalue weighted by atomic mass is 10.0. The Morgan fingerprint density at radius 2 is 2.00 bits per heavy atom. The number of amidine groups is 1. The van der Waals surface area contributed by atoms with Crippen LogP contribution in [-0.4, -0.2) is 15.2 Å². The number of alkyl halides is 3. The van der Waals surface area contributed by atoms with Crippen molar-refractivity contribution in [1.82, 2.24) is 4.98 Å². The fourth-order valence-corrected chi connectivity index (χ4v) is 3.89. The zero-order valence-corrected chi connectivity index (χ0v) is 13.7. The highest BCUT2D eigenvalue weighted by Crippen LogP contribution is 2.45. The minimum Gasteiger partial charge on any atom is -0.379 e. The van der Waals surface area contributed by atoms with Gasteiger partial charge in [-0.05, 0) is 34.1 Å². The first-order valence-electron chi connectivity index (χ1n) is 7.04. The zero-order valence-electron chi connectivity index (χ0n) is 12.8. The van der Waals surface area contributed by atoms with Gasteiger partial charge in [-0.25, -0.2) is 4.99 Å². The first-order chi connectivity index (χ1) is 12.3. The number of pyridine rings is 1. The molecule has 0 radical (unpaired) electrons. The predicted octanol–water partition coefficient (Wildman–Crippen LogP) is 3.50. The fourth-order valence-electron chi connectivity index (χ4n) is 2.40. The zero-order chi connectivity index (χ0) is 18.9. The van der Waals surface area contributed by atoms with Crippen LogP contribution in [0.25, 0.3) is 11.1 Å². The quantitative estimate of drug-likeness (QED) is 0.477. The summed E-state index contributed by atoms with van der Waals surface area (Å²) in [6.45, 7) is 0. The number of rotatable bonds is 4. The van der Waals surface area contributed by atoms with E-state index in [2.05, 4.69) is 14.8 Å². The van der Waals surface area contributed by atoms with Crippen LogP contribution >= 0.6 is 10.9 Å². The van der Waals surface area contributed by atoms with E-state index in [-0.39, 0.29) is 22.0 Å². The molecule has 136 valence electrons. The Balaban J connectivity index is 2.09. The smallest absolute Gasteiger partial charge is 0.379 e. The summed E-state index contributed by atoms with van der Waals surface area (Å²) in [5.74, 6) is -0.274. The van der Waals surface area contributed by atoms with Gasteiger partial charge >= 0.3 is 6.18 Å². The van der Waals surface area contributed by atoms with E-state index in [1.165, 1.54) is 24.5 Å². The Kier molecular flexibility index (Phi) is 4.55. The third kappa shape index (κ3) is 3.61. The molecule has 0 aliphatic carbocycles. The third-order valence-electron chi connectivity index (χ3n) is 3.46. The van der Waals surface area contributed by atoms with Gasteiger partial charge in [-0.3, -0.25) is 9.82 Å². The van der Waals surface area contributed by atoms with Crippen LogP contribution in [0, 0.1) is 10.1 Å². The number of benzene rings is 1. The van der Waals surface area contributed by atoms with E-state index in [0.29, 0.717) is 4.90 Å². The number of aromatic nitrogens is 1. The van der Waals surface area contributed by atoms with Crippen LogP contribution in [0.3, 0.4) is 0 Å². The van der Waals surface area contributed by atoms with E-state index in [1.807, 2.05) is 0 Å². The Hall–Kier alpha value is -3.08. The van der Waals surface area contributed by atoms with Gasteiger partial charge in [0.05, 0.1) is 11.8 Å². The third-order valence-corrected chi connectivity index (χ3v) is 5.34. The van der Waals surface area contributed by atoms with Crippen molar-refractivity contribution >= 4 is 16.1 Å². The first kappa shape index (κ1) is 17.7. The van der Waals surface area contributed by atoms with Gasteiger partial charge in [0, 0.05) is 18.0 Å². The van der Waals surface area contributed by atoms with Gasteiger partial charge in [0.25, 0.3) is 5.09 Å². The fraction of sp³-hybridized carbons (Fsp3) is 0.0667. The van der Waals surface area contributed by atoms with Crippen LogP contribution in [-0.2, 0) is 6.18 Å². The molecule has 2 aromatic rings. The maximum atomic E-state index is 13.6. The molecule has 0 amide bonds. The molecule has 2 heterocycles. The van der Waals surface area contributed by atoms with Gasteiger partial charge in [-0.1, -0.05) is 6.07 Å². The average molecular weight is 384 g/mol. The Labute approximate surface area is 147 Å². The number of nitrogens with two attached hydrogens (primary N) is 1. The van der Waals surface area contributed by atoms with Crippen molar-refractivity contribution in [2.24, 2.45) is 10.7 Å². The summed E-state index contributed by atoms with van der Waals surface area (Å²) in [7, 11) is -1.25. The van der Waals surface area contributed by atoms with Crippen molar-refractivity contribution in [2.45, 2.75) is 11.1 Å². The lowest BCUT2D eigenvalue weighted by Crippen LogP contribution is -2.11. The molecule has 2 N–H and O–H groups in total. The van der Waals surface area contributed by atoms with Crippen molar-refractivity contribution in [3.8, 4) is 16.9 Å². The number of nitrogens with zero attached hydrogens (tertiary/aromatic N) is 3. The van der Waals surface area contributed by atoms with Gasteiger partial charge in [0.2, 0.25) is 0 Å². The Morgan fingerprint density at radius 3 is 2.62 bits per heavy atom. The number of thiol groups is 1. The van der Waals surface area contributed by atoms with Crippen LogP contribution in [0.4, 0.5) is 13.2 Å². The lowest BCUT2D eigenvalue weighted by Gasteiger charge is -2.19. The molecule has 0 saturated carbocycles. The molecule has 0 bridgehead atoms. The minimum absolute atomic E-state index is 0.0413. The highest BCUT2D eigenvalue weighted by Gasteiger charge is 2.34. The van der Waals surface area contributed by atoms with Gasteiger partial charge in [0.1, 0.15) is 10.9 Å². The van der Waals surface area contributed by atoms with Crippen LogP contribution in [0.5, 0.6) is 5.75 Å². The number of halogens is 3. The van der Waals surface area contributed by atoms with Gasteiger partial charge in [0.15, 0.2) is 0 Å². The summed E-state index contributed by atoms with van der Waals surface area (Å²) >= 11 is 0. The molecule has 26 heavy (non-hydrogen) atoms. The molecule has 1 aliphatic heterocycles. The summed E-state index contributed by atoms with van der Waals surface area (Å²) in [5.41, 5.74) is 4.70. The first-order valence-corrected chi connectivity index (χ1v) is 8.45. The highest BCUT2D eigenvalue weighted by molar-refractivity contribution is 8.32. The van der Waals surface area contributed by atoms with Gasteiger partial charge in [-0.2, -0.15) is 13.2 Å². The summed E-state index contributed by atoms with van der Waals surface area (Å²) in [4.78, 5) is 22.7. The molecule has 0 saturated heterocycles. The Morgan fingerprint density at radius 1 is 1.23 bits per heavy atom. The molecule has 1 atom stereocenters. The van der Waals surface area contributed by atoms with Crippen molar-refractivity contribution in [2.75, 3.05) is 0 Å². The van der Waals surface area contributed by atoms with E-state index in [9.17, 15) is 23.3 Å². The summed E-state index contributed by atoms with van der Waals surface area (Å²) in [5, 5.41) is 11.3. The predicted molar refractivity (Wildman–Crippen MR) is 90.3 cm³/mol. The van der Waals surface area contributed by atoms with E-state index in [4.69, 9.17) is 5.73 Å². The minimum atomic E-state index is -4.64. The van der Waals surface area contributed by atoms with Gasteiger partial charge < -0.3 is 5.73 Å². The number of hydrogen-bond donors (Lipinski definition) is 2. The monoisotopic (exact) mass is 384 g/mol. The largest absolute Gasteiger partial charge is 0.417 e. The molecule has 7 nitrogen and oxygen atoms in total. The normalized spacial score (nSPS) is 17.8. The Bertz CT molecular complexity index is 931. The molecule has 1 unspecified atom stereocenters. The van der Waals surface area contributed by atoms with Crippen LogP contribution in [0.2, 0.25) is 0 Å². The molecular formula is C15H11F3N4O3S. The molecule has 11 heteroatoms. The van der Waals surface area contributed by atoms with Gasteiger partial charge in [-0.15, -0.1) is 21.0 Å². The van der Waals surface area contributed by atoms with E-state index < -0.39 is 27.7 Å². The summed E-state index contributed by atoms with van der Waals surface area (Å²) in [6, 6.07) is 4.94. The van der Waals surface area contributed by atoms with E-state index in [0.717, 1.165) is 18.3 Å². The SMILES string of the molecule is NC1=NC=C[SH]1c1ccc(-c2cncc(O[N+](=O)[O-])c2)c(C(F)(F)F)c1. The average Bonchev–Trinajstić information content (AvgIpc) is 2.99.